The Labute approximate surface area is 179 Å². The molecule has 0 amide bonds. The number of hydrogen-bond donors (Lipinski definition) is 0. The van der Waals surface area contributed by atoms with Gasteiger partial charge >= 0.3 is 0 Å². The van der Waals surface area contributed by atoms with Gasteiger partial charge in [-0.25, -0.2) is 4.39 Å². The summed E-state index contributed by atoms with van der Waals surface area (Å²) in [5.74, 6) is 1.61. The first-order chi connectivity index (χ1) is 14.6. The zero-order chi connectivity index (χ0) is 20.9. The molecule has 0 bridgehead atoms. The van der Waals surface area contributed by atoms with Gasteiger partial charge in [-0.05, 0) is 84.2 Å². The van der Waals surface area contributed by atoms with Gasteiger partial charge in [-0.1, -0.05) is 67.6 Å². The van der Waals surface area contributed by atoms with E-state index in [0.717, 1.165) is 17.0 Å². The van der Waals surface area contributed by atoms with E-state index in [1.54, 1.807) is 6.07 Å². The zero-order valence-electron chi connectivity index (χ0n) is 17.5. The van der Waals surface area contributed by atoms with E-state index in [2.05, 4.69) is 61.5 Å². The van der Waals surface area contributed by atoms with Gasteiger partial charge in [0, 0.05) is 0 Å². The second-order valence-electron chi connectivity index (χ2n) is 8.69. The van der Waals surface area contributed by atoms with Gasteiger partial charge in [0.2, 0.25) is 0 Å². The molecular weight excluding hydrogens is 369 g/mol. The fourth-order valence-electron chi connectivity index (χ4n) is 4.88. The summed E-state index contributed by atoms with van der Waals surface area (Å²) in [4.78, 5) is 0. The molecule has 152 valence electrons. The summed E-state index contributed by atoms with van der Waals surface area (Å²) >= 11 is 0. The minimum Gasteiger partial charge on any atom is -0.206 e. The van der Waals surface area contributed by atoms with Gasteiger partial charge in [-0.2, -0.15) is 5.26 Å². The summed E-state index contributed by atoms with van der Waals surface area (Å²) < 4.78 is 13.9. The summed E-state index contributed by atoms with van der Waals surface area (Å²) in [6.45, 7) is 2.35. The molecule has 30 heavy (non-hydrogen) atoms. The van der Waals surface area contributed by atoms with Crippen LogP contribution in [0.25, 0.3) is 11.1 Å². The van der Waals surface area contributed by atoms with Crippen LogP contribution in [-0.2, 0) is 0 Å². The van der Waals surface area contributed by atoms with Gasteiger partial charge in [-0.15, -0.1) is 0 Å². The molecule has 0 spiro atoms. The van der Waals surface area contributed by atoms with Crippen molar-refractivity contribution < 1.29 is 4.39 Å². The van der Waals surface area contributed by atoms with Crippen LogP contribution >= 0.6 is 0 Å². The van der Waals surface area contributed by atoms with Crippen molar-refractivity contribution in [3.8, 4) is 17.2 Å². The largest absolute Gasteiger partial charge is 0.206 e. The van der Waals surface area contributed by atoms with Gasteiger partial charge in [0.05, 0.1) is 5.56 Å². The summed E-state index contributed by atoms with van der Waals surface area (Å²) in [6.07, 6.45) is 6.36. The molecule has 1 fully saturated rings. The molecule has 1 atom stereocenters. The van der Waals surface area contributed by atoms with Crippen LogP contribution < -0.4 is 0 Å². The summed E-state index contributed by atoms with van der Waals surface area (Å²) in [5, 5.41) is 8.90. The topological polar surface area (TPSA) is 23.8 Å². The third-order valence-electron chi connectivity index (χ3n) is 6.71. The molecule has 1 aliphatic carbocycles. The number of halogens is 1. The molecule has 0 radical (unpaired) electrons. The SMILES string of the molecule is C[C@@H](CC1CCC(c2ccc(-c3ccc(C#N)c(F)c3)cc2)CC1)c1ccccc1. The van der Waals surface area contributed by atoms with Gasteiger partial charge < -0.3 is 0 Å². The molecule has 1 aliphatic rings. The molecule has 2 heteroatoms. The highest BCUT2D eigenvalue weighted by Crippen LogP contribution is 2.40. The standard InChI is InChI=1S/C28H28FN/c1-20(22-5-3-2-4-6-22)17-21-7-9-23(10-8-21)24-11-13-25(14-12-24)26-15-16-27(19-30)28(29)18-26/h2-6,11-16,18,20-21,23H,7-10,17H2,1H3/t20-,21?,23?/m0/s1. The van der Waals surface area contributed by atoms with Crippen LogP contribution in [0.1, 0.15) is 67.6 Å². The number of hydrogen-bond acceptors (Lipinski definition) is 1. The predicted molar refractivity (Wildman–Crippen MR) is 121 cm³/mol. The summed E-state index contributed by atoms with van der Waals surface area (Å²) in [5.41, 5.74) is 4.75. The molecule has 0 N–H and O–H groups in total. The Balaban J connectivity index is 1.35. The zero-order valence-corrected chi connectivity index (χ0v) is 17.5. The molecular formula is C28H28FN. The number of benzene rings is 3. The molecule has 3 aromatic carbocycles. The van der Waals surface area contributed by atoms with Crippen LogP contribution in [0.15, 0.2) is 72.8 Å². The average molecular weight is 398 g/mol. The molecule has 0 aromatic heterocycles. The molecule has 1 saturated carbocycles. The van der Waals surface area contributed by atoms with E-state index in [-0.39, 0.29) is 5.56 Å². The maximum Gasteiger partial charge on any atom is 0.141 e. The number of rotatable bonds is 5. The normalized spacial score (nSPS) is 19.8. The van der Waals surface area contributed by atoms with Crippen LogP contribution in [0.2, 0.25) is 0 Å². The van der Waals surface area contributed by atoms with Crippen LogP contribution in [0.4, 0.5) is 4.39 Å². The molecule has 3 aromatic rings. The van der Waals surface area contributed by atoms with Crippen molar-refractivity contribution in [3.63, 3.8) is 0 Å². The molecule has 0 unspecified atom stereocenters. The maximum absolute atomic E-state index is 13.9. The lowest BCUT2D eigenvalue weighted by molar-refractivity contribution is 0.297. The third-order valence-corrected chi connectivity index (χ3v) is 6.71. The quantitative estimate of drug-likeness (QED) is 0.430. The maximum atomic E-state index is 13.9. The highest BCUT2D eigenvalue weighted by molar-refractivity contribution is 5.65. The van der Waals surface area contributed by atoms with Crippen molar-refractivity contribution in [2.24, 2.45) is 5.92 Å². The third kappa shape index (κ3) is 4.62. The minimum atomic E-state index is -0.456. The van der Waals surface area contributed by atoms with E-state index in [1.807, 2.05) is 12.1 Å². The van der Waals surface area contributed by atoms with Crippen molar-refractivity contribution in [1.29, 1.82) is 5.26 Å². The van der Waals surface area contributed by atoms with Gasteiger partial charge in [0.15, 0.2) is 0 Å². The first kappa shape index (κ1) is 20.4. The van der Waals surface area contributed by atoms with Crippen LogP contribution in [0.5, 0.6) is 0 Å². The van der Waals surface area contributed by atoms with E-state index in [0.29, 0.717) is 11.8 Å². The lowest BCUT2D eigenvalue weighted by Gasteiger charge is -2.30. The van der Waals surface area contributed by atoms with E-state index in [9.17, 15) is 4.39 Å². The Morgan fingerprint density at radius 2 is 1.57 bits per heavy atom. The van der Waals surface area contributed by atoms with Crippen LogP contribution in [-0.4, -0.2) is 0 Å². The second-order valence-corrected chi connectivity index (χ2v) is 8.69. The van der Waals surface area contributed by atoms with Crippen LogP contribution in [0, 0.1) is 23.1 Å². The van der Waals surface area contributed by atoms with Gasteiger partial charge in [0.1, 0.15) is 11.9 Å². The summed E-state index contributed by atoms with van der Waals surface area (Å²) in [6, 6.07) is 26.1. The fraction of sp³-hybridized carbons (Fsp3) is 0.321. The van der Waals surface area contributed by atoms with Crippen molar-refractivity contribution in [1.82, 2.24) is 0 Å². The molecule has 0 heterocycles. The van der Waals surface area contributed by atoms with E-state index in [1.165, 1.54) is 49.3 Å². The Bertz CT molecular complexity index is 1010. The number of nitrogens with zero attached hydrogens (tertiary/aromatic N) is 1. The smallest absolute Gasteiger partial charge is 0.141 e. The first-order valence-electron chi connectivity index (χ1n) is 11.0. The van der Waals surface area contributed by atoms with Crippen molar-refractivity contribution in [3.05, 3.63) is 95.3 Å². The van der Waals surface area contributed by atoms with E-state index < -0.39 is 5.82 Å². The van der Waals surface area contributed by atoms with Crippen molar-refractivity contribution >= 4 is 0 Å². The number of nitriles is 1. The Kier molecular flexibility index (Phi) is 6.29. The molecule has 0 aliphatic heterocycles. The van der Waals surface area contributed by atoms with Crippen molar-refractivity contribution in [2.75, 3.05) is 0 Å². The second kappa shape index (κ2) is 9.26. The molecule has 4 rings (SSSR count). The lowest BCUT2D eigenvalue weighted by Crippen LogP contribution is -2.15. The highest BCUT2D eigenvalue weighted by atomic mass is 19.1. The summed E-state index contributed by atoms with van der Waals surface area (Å²) in [7, 11) is 0. The van der Waals surface area contributed by atoms with Crippen LogP contribution in [0.3, 0.4) is 0 Å². The Morgan fingerprint density at radius 3 is 2.20 bits per heavy atom. The van der Waals surface area contributed by atoms with E-state index >= 15 is 0 Å². The van der Waals surface area contributed by atoms with Gasteiger partial charge in [0.25, 0.3) is 0 Å². The molecule has 0 saturated heterocycles. The predicted octanol–water partition coefficient (Wildman–Crippen LogP) is 7.83. The average Bonchev–Trinajstić information content (AvgIpc) is 2.80. The minimum absolute atomic E-state index is 0.0914. The van der Waals surface area contributed by atoms with E-state index in [4.69, 9.17) is 5.26 Å². The fourth-order valence-corrected chi connectivity index (χ4v) is 4.88. The van der Waals surface area contributed by atoms with Crippen molar-refractivity contribution in [2.45, 2.75) is 50.9 Å². The monoisotopic (exact) mass is 397 g/mol. The lowest BCUT2D eigenvalue weighted by atomic mass is 9.75. The Hall–Kier alpha value is -2.92. The highest BCUT2D eigenvalue weighted by Gasteiger charge is 2.24. The Morgan fingerprint density at radius 1 is 0.900 bits per heavy atom. The van der Waals surface area contributed by atoms with Gasteiger partial charge in [-0.3, -0.25) is 0 Å². The first-order valence-corrected chi connectivity index (χ1v) is 11.0. The molecule has 1 nitrogen and oxygen atoms in total.